The van der Waals surface area contributed by atoms with Gasteiger partial charge in [0.05, 0.1) is 5.92 Å². The van der Waals surface area contributed by atoms with E-state index in [2.05, 4.69) is 26.5 Å². The molecule has 0 aliphatic heterocycles. The lowest BCUT2D eigenvalue weighted by atomic mass is 10.2. The lowest BCUT2D eigenvalue weighted by Crippen LogP contribution is -2.23. The van der Waals surface area contributed by atoms with Crippen LogP contribution in [-0.4, -0.2) is 29.3 Å². The van der Waals surface area contributed by atoms with E-state index in [0.717, 1.165) is 11.5 Å². The van der Waals surface area contributed by atoms with E-state index >= 15 is 0 Å². The monoisotopic (exact) mass is 250 g/mol. The predicted octanol–water partition coefficient (Wildman–Crippen LogP) is 2.87. The maximum absolute atomic E-state index is 11.4. The fourth-order valence-electron chi connectivity index (χ4n) is 0.893. The molecule has 2 atom stereocenters. The Morgan fingerprint density at radius 3 is 2.33 bits per heavy atom. The first-order valence-corrected chi connectivity index (χ1v) is 7.15. The molecule has 0 aromatic rings. The quantitative estimate of drug-likeness (QED) is 0.556. The predicted molar refractivity (Wildman–Crippen MR) is 70.7 cm³/mol. The normalized spacial score (nSPS) is 15.1. The molecule has 0 saturated heterocycles. The number of thiol groups is 1. The average Bonchev–Trinajstić information content (AvgIpc) is 2.15. The van der Waals surface area contributed by atoms with Gasteiger partial charge >= 0.3 is 5.97 Å². The molecule has 15 heavy (non-hydrogen) atoms. The van der Waals surface area contributed by atoms with Gasteiger partial charge in [-0.2, -0.15) is 24.4 Å². The van der Waals surface area contributed by atoms with Crippen molar-refractivity contribution in [1.82, 2.24) is 0 Å². The molecule has 0 radical (unpaired) electrons. The standard InChI is InChI=1S/C11H22O2S2/c1-8(2)6-15-7-10(4)13-11(12)9(3)5-14/h8-10,14H,5-7H2,1-4H3/t9-,10-/m1/s1. The van der Waals surface area contributed by atoms with Crippen LogP contribution in [0, 0.1) is 11.8 Å². The van der Waals surface area contributed by atoms with Gasteiger partial charge in [0.25, 0.3) is 0 Å². The van der Waals surface area contributed by atoms with Crippen molar-refractivity contribution in [3.63, 3.8) is 0 Å². The zero-order valence-corrected chi connectivity index (χ0v) is 11.7. The Hall–Kier alpha value is 0.170. The lowest BCUT2D eigenvalue weighted by molar-refractivity contribution is -0.150. The van der Waals surface area contributed by atoms with Crippen LogP contribution in [0.15, 0.2) is 0 Å². The molecule has 4 heteroatoms. The van der Waals surface area contributed by atoms with Gasteiger partial charge in [-0.05, 0) is 18.6 Å². The highest BCUT2D eigenvalue weighted by atomic mass is 32.2. The van der Waals surface area contributed by atoms with Crippen LogP contribution in [0.25, 0.3) is 0 Å². The molecule has 0 heterocycles. The Bertz CT molecular complexity index is 183. The van der Waals surface area contributed by atoms with E-state index in [1.54, 1.807) is 0 Å². The third-order valence-electron chi connectivity index (χ3n) is 1.80. The Morgan fingerprint density at radius 1 is 1.27 bits per heavy atom. The number of carbonyl (C=O) groups excluding carboxylic acids is 1. The molecule has 0 rings (SSSR count). The zero-order chi connectivity index (χ0) is 11.8. The first-order valence-electron chi connectivity index (χ1n) is 5.36. The van der Waals surface area contributed by atoms with Gasteiger partial charge in [0.15, 0.2) is 0 Å². The van der Waals surface area contributed by atoms with Crippen molar-refractivity contribution < 1.29 is 9.53 Å². The van der Waals surface area contributed by atoms with Gasteiger partial charge in [0, 0.05) is 11.5 Å². The molecule has 0 amide bonds. The number of hydrogen-bond acceptors (Lipinski definition) is 4. The molecule has 0 N–H and O–H groups in total. The van der Waals surface area contributed by atoms with Crippen molar-refractivity contribution in [2.24, 2.45) is 11.8 Å². The van der Waals surface area contributed by atoms with Crippen molar-refractivity contribution in [2.75, 3.05) is 17.3 Å². The maximum atomic E-state index is 11.4. The summed E-state index contributed by atoms with van der Waals surface area (Å²) in [4.78, 5) is 11.4. The van der Waals surface area contributed by atoms with E-state index in [9.17, 15) is 4.79 Å². The molecule has 2 nitrogen and oxygen atoms in total. The van der Waals surface area contributed by atoms with Crippen LogP contribution in [0.1, 0.15) is 27.7 Å². The summed E-state index contributed by atoms with van der Waals surface area (Å²) in [6.45, 7) is 8.15. The minimum absolute atomic E-state index is 0.00332. The molecular formula is C11H22O2S2. The highest BCUT2D eigenvalue weighted by molar-refractivity contribution is 7.99. The van der Waals surface area contributed by atoms with Gasteiger partial charge in [-0.25, -0.2) is 0 Å². The zero-order valence-electron chi connectivity index (χ0n) is 10.0. The number of thioether (sulfide) groups is 1. The Kier molecular flexibility index (Phi) is 8.43. The first kappa shape index (κ1) is 15.2. The molecular weight excluding hydrogens is 228 g/mol. The van der Waals surface area contributed by atoms with Crippen molar-refractivity contribution >= 4 is 30.4 Å². The van der Waals surface area contributed by atoms with E-state index in [1.165, 1.54) is 0 Å². The smallest absolute Gasteiger partial charge is 0.309 e. The summed E-state index contributed by atoms with van der Waals surface area (Å²) in [5.41, 5.74) is 0. The summed E-state index contributed by atoms with van der Waals surface area (Å²) < 4.78 is 5.28. The van der Waals surface area contributed by atoms with Gasteiger partial charge < -0.3 is 4.74 Å². The molecule has 0 fully saturated rings. The van der Waals surface area contributed by atoms with Crippen LogP contribution in [0.2, 0.25) is 0 Å². The third kappa shape index (κ3) is 8.03. The molecule has 0 aliphatic carbocycles. The number of esters is 1. The van der Waals surface area contributed by atoms with Gasteiger partial charge in [0.2, 0.25) is 0 Å². The van der Waals surface area contributed by atoms with E-state index < -0.39 is 0 Å². The molecule has 0 aromatic carbocycles. The van der Waals surface area contributed by atoms with Gasteiger partial charge in [-0.3, -0.25) is 4.79 Å². The second-order valence-electron chi connectivity index (χ2n) is 4.26. The largest absolute Gasteiger partial charge is 0.462 e. The second-order valence-corrected chi connectivity index (χ2v) is 5.70. The fraction of sp³-hybridized carbons (Fsp3) is 0.909. The van der Waals surface area contributed by atoms with Gasteiger partial charge in [0.1, 0.15) is 6.10 Å². The highest BCUT2D eigenvalue weighted by Gasteiger charge is 2.15. The van der Waals surface area contributed by atoms with Crippen LogP contribution in [-0.2, 0) is 9.53 Å². The molecule has 0 aliphatic rings. The molecule has 0 spiro atoms. The average molecular weight is 250 g/mol. The van der Waals surface area contributed by atoms with E-state index in [0.29, 0.717) is 11.7 Å². The van der Waals surface area contributed by atoms with Crippen molar-refractivity contribution in [1.29, 1.82) is 0 Å². The topological polar surface area (TPSA) is 26.3 Å². The number of hydrogen-bond donors (Lipinski definition) is 1. The van der Waals surface area contributed by atoms with Gasteiger partial charge in [-0.1, -0.05) is 20.8 Å². The maximum Gasteiger partial charge on any atom is 0.309 e. The van der Waals surface area contributed by atoms with Crippen LogP contribution >= 0.6 is 24.4 Å². The van der Waals surface area contributed by atoms with Crippen molar-refractivity contribution in [3.8, 4) is 0 Å². The lowest BCUT2D eigenvalue weighted by Gasteiger charge is -2.15. The summed E-state index contributed by atoms with van der Waals surface area (Å²) in [5.74, 6) is 2.99. The minimum Gasteiger partial charge on any atom is -0.462 e. The SMILES string of the molecule is CC(C)CSC[C@@H](C)OC(=O)[C@H](C)CS. The third-order valence-corrected chi connectivity index (χ3v) is 3.95. The van der Waals surface area contributed by atoms with Gasteiger partial charge in [-0.15, -0.1) is 0 Å². The first-order chi connectivity index (χ1) is 6.97. The fourth-order valence-corrected chi connectivity index (χ4v) is 2.05. The number of rotatable bonds is 7. The summed E-state index contributed by atoms with van der Waals surface area (Å²) >= 11 is 5.90. The van der Waals surface area contributed by atoms with E-state index in [4.69, 9.17) is 4.74 Å². The Labute approximate surface area is 103 Å². The minimum atomic E-state index is -0.136. The van der Waals surface area contributed by atoms with Crippen molar-refractivity contribution in [3.05, 3.63) is 0 Å². The van der Waals surface area contributed by atoms with E-state index in [-0.39, 0.29) is 18.0 Å². The molecule has 0 aromatic heterocycles. The molecule has 90 valence electrons. The highest BCUT2D eigenvalue weighted by Crippen LogP contribution is 2.12. The molecule has 0 bridgehead atoms. The molecule has 0 unspecified atom stereocenters. The Morgan fingerprint density at radius 2 is 1.87 bits per heavy atom. The number of ether oxygens (including phenoxy) is 1. The summed E-state index contributed by atoms with van der Waals surface area (Å²) in [6, 6.07) is 0. The molecule has 0 saturated carbocycles. The van der Waals surface area contributed by atoms with Crippen molar-refractivity contribution in [2.45, 2.75) is 33.8 Å². The number of carbonyl (C=O) groups is 1. The Balaban J connectivity index is 3.64. The summed E-state index contributed by atoms with van der Waals surface area (Å²) in [5, 5.41) is 0. The second kappa shape index (κ2) is 8.34. The summed E-state index contributed by atoms with van der Waals surface area (Å²) in [6.07, 6.45) is 0.00332. The van der Waals surface area contributed by atoms with Crippen LogP contribution in [0.4, 0.5) is 0 Å². The van der Waals surface area contributed by atoms with Crippen LogP contribution in [0.3, 0.4) is 0 Å². The van der Waals surface area contributed by atoms with Crippen LogP contribution in [0.5, 0.6) is 0 Å². The van der Waals surface area contributed by atoms with Crippen LogP contribution < -0.4 is 0 Å². The van der Waals surface area contributed by atoms with E-state index in [1.807, 2.05) is 25.6 Å². The summed E-state index contributed by atoms with van der Waals surface area (Å²) in [7, 11) is 0.